The van der Waals surface area contributed by atoms with Gasteiger partial charge in [0.25, 0.3) is 0 Å². The topological polar surface area (TPSA) is 58.4 Å². The number of nitrogens with two attached hydrogens (primary N) is 1. The number of thiophene rings is 1. The number of amides is 2. The molecule has 0 aliphatic heterocycles. The van der Waals surface area contributed by atoms with Crippen LogP contribution in [-0.2, 0) is 6.54 Å². The molecule has 0 saturated carbocycles. The van der Waals surface area contributed by atoms with E-state index in [2.05, 4.69) is 21.2 Å². The monoisotopic (exact) mass is 339 g/mol. The summed E-state index contributed by atoms with van der Waals surface area (Å²) >= 11 is 5.01. The summed E-state index contributed by atoms with van der Waals surface area (Å²) in [5.74, 6) is 0. The van der Waals surface area contributed by atoms with Gasteiger partial charge in [0, 0.05) is 33.2 Å². The van der Waals surface area contributed by atoms with Crippen LogP contribution in [0.2, 0.25) is 0 Å². The van der Waals surface area contributed by atoms with Gasteiger partial charge in [-0.2, -0.15) is 0 Å². The summed E-state index contributed by atoms with van der Waals surface area (Å²) in [7, 11) is 1.76. The zero-order valence-corrected chi connectivity index (χ0v) is 12.8. The van der Waals surface area contributed by atoms with E-state index in [9.17, 15) is 4.79 Å². The number of rotatable bonds is 3. The van der Waals surface area contributed by atoms with E-state index in [4.69, 9.17) is 5.73 Å². The lowest BCUT2D eigenvalue weighted by Gasteiger charge is -2.17. The summed E-state index contributed by atoms with van der Waals surface area (Å²) < 4.78 is 1.04. The van der Waals surface area contributed by atoms with Crippen molar-refractivity contribution in [1.29, 1.82) is 0 Å². The van der Waals surface area contributed by atoms with E-state index in [1.54, 1.807) is 41.5 Å². The molecule has 1 aromatic carbocycles. The van der Waals surface area contributed by atoms with Gasteiger partial charge in [0.1, 0.15) is 0 Å². The molecule has 2 amide bonds. The van der Waals surface area contributed by atoms with Gasteiger partial charge in [0.15, 0.2) is 0 Å². The molecule has 0 saturated heterocycles. The quantitative estimate of drug-likeness (QED) is 0.836. The molecule has 0 unspecified atom stereocenters. The zero-order chi connectivity index (χ0) is 13.8. The molecule has 100 valence electrons. The molecule has 0 atom stereocenters. The summed E-state index contributed by atoms with van der Waals surface area (Å²) in [5.41, 5.74) is 6.99. The van der Waals surface area contributed by atoms with E-state index in [0.29, 0.717) is 17.9 Å². The first-order valence-electron chi connectivity index (χ1n) is 5.65. The average Bonchev–Trinajstić information content (AvgIpc) is 2.74. The smallest absolute Gasteiger partial charge is 0.321 e. The van der Waals surface area contributed by atoms with E-state index in [1.165, 1.54) is 0 Å². The van der Waals surface area contributed by atoms with Gasteiger partial charge in [-0.05, 0) is 40.2 Å². The summed E-state index contributed by atoms with van der Waals surface area (Å²) in [5, 5.41) is 4.81. The van der Waals surface area contributed by atoms with Gasteiger partial charge in [-0.25, -0.2) is 4.79 Å². The number of nitrogens with zero attached hydrogens (tertiary/aromatic N) is 1. The minimum absolute atomic E-state index is 0.157. The van der Waals surface area contributed by atoms with Crippen LogP contribution in [0.4, 0.5) is 16.2 Å². The molecule has 6 heteroatoms. The van der Waals surface area contributed by atoms with Crippen LogP contribution in [0.5, 0.6) is 0 Å². The largest absolute Gasteiger partial charge is 0.399 e. The van der Waals surface area contributed by atoms with Crippen LogP contribution in [0.1, 0.15) is 4.88 Å². The van der Waals surface area contributed by atoms with Gasteiger partial charge >= 0.3 is 6.03 Å². The molecule has 2 aromatic rings. The lowest BCUT2D eigenvalue weighted by molar-refractivity contribution is 0.221. The van der Waals surface area contributed by atoms with Gasteiger partial charge < -0.3 is 16.0 Å². The van der Waals surface area contributed by atoms with E-state index < -0.39 is 0 Å². The Balaban J connectivity index is 1.96. The predicted molar refractivity (Wildman–Crippen MR) is 83.4 cm³/mol. The fourth-order valence-electron chi connectivity index (χ4n) is 1.58. The van der Waals surface area contributed by atoms with Crippen molar-refractivity contribution in [1.82, 2.24) is 4.90 Å². The maximum absolute atomic E-state index is 12.0. The van der Waals surface area contributed by atoms with Crippen molar-refractivity contribution < 1.29 is 4.79 Å². The first-order valence-corrected chi connectivity index (χ1v) is 7.32. The van der Waals surface area contributed by atoms with Crippen LogP contribution in [0, 0.1) is 0 Å². The Morgan fingerprint density at radius 2 is 2.26 bits per heavy atom. The van der Waals surface area contributed by atoms with Crippen molar-refractivity contribution in [2.75, 3.05) is 18.1 Å². The molecular weight excluding hydrogens is 326 g/mol. The number of hydrogen-bond acceptors (Lipinski definition) is 3. The first kappa shape index (κ1) is 13.9. The summed E-state index contributed by atoms with van der Waals surface area (Å²) in [6.07, 6.45) is 0. The first-order chi connectivity index (χ1) is 9.04. The Morgan fingerprint density at radius 3 is 2.89 bits per heavy atom. The third kappa shape index (κ3) is 3.97. The fraction of sp³-hybridized carbons (Fsp3) is 0.154. The van der Waals surface area contributed by atoms with Crippen molar-refractivity contribution >= 4 is 44.7 Å². The number of halogens is 1. The highest BCUT2D eigenvalue weighted by Gasteiger charge is 2.10. The molecule has 0 fully saturated rings. The number of benzene rings is 1. The molecule has 0 radical (unpaired) electrons. The normalized spacial score (nSPS) is 10.2. The molecular formula is C13H14BrN3OS. The predicted octanol–water partition coefficient (Wildman–Crippen LogP) is 3.76. The van der Waals surface area contributed by atoms with Crippen LogP contribution in [0.25, 0.3) is 0 Å². The molecule has 0 aliphatic rings. The van der Waals surface area contributed by atoms with E-state index in [0.717, 1.165) is 9.35 Å². The highest BCUT2D eigenvalue weighted by atomic mass is 79.9. The summed E-state index contributed by atoms with van der Waals surface area (Å²) in [6.45, 7) is 0.574. The third-order valence-electron chi connectivity index (χ3n) is 2.50. The Hall–Kier alpha value is -1.53. The SMILES string of the molecule is CN(Cc1cc(Br)cs1)C(=O)Nc1cccc(N)c1. The van der Waals surface area contributed by atoms with E-state index >= 15 is 0 Å². The van der Waals surface area contributed by atoms with Crippen LogP contribution in [0.15, 0.2) is 40.2 Å². The molecule has 1 heterocycles. The standard InChI is InChI=1S/C13H14BrN3OS/c1-17(7-12-5-9(14)8-19-12)13(18)16-11-4-2-3-10(15)6-11/h2-6,8H,7,15H2,1H3,(H,16,18). The minimum Gasteiger partial charge on any atom is -0.399 e. The number of nitrogens with one attached hydrogen (secondary N) is 1. The maximum Gasteiger partial charge on any atom is 0.321 e. The van der Waals surface area contributed by atoms with Crippen molar-refractivity contribution in [3.63, 3.8) is 0 Å². The third-order valence-corrected chi connectivity index (χ3v) is 4.18. The minimum atomic E-state index is -0.157. The molecule has 0 spiro atoms. The number of anilines is 2. The number of hydrogen-bond donors (Lipinski definition) is 2. The van der Waals surface area contributed by atoms with Gasteiger partial charge in [-0.3, -0.25) is 0 Å². The summed E-state index contributed by atoms with van der Waals surface area (Å²) in [6, 6.07) is 8.98. The fourth-order valence-corrected chi connectivity index (χ4v) is 3.08. The second kappa shape index (κ2) is 6.08. The Labute approximate surface area is 124 Å². The number of nitrogen functional groups attached to an aromatic ring is 1. The van der Waals surface area contributed by atoms with Crippen molar-refractivity contribution in [2.45, 2.75) is 6.54 Å². The Bertz CT molecular complexity index is 585. The van der Waals surface area contributed by atoms with Crippen LogP contribution >= 0.6 is 27.3 Å². The van der Waals surface area contributed by atoms with Crippen LogP contribution in [-0.4, -0.2) is 18.0 Å². The second-order valence-electron chi connectivity index (χ2n) is 4.14. The zero-order valence-electron chi connectivity index (χ0n) is 10.4. The van der Waals surface area contributed by atoms with Crippen LogP contribution < -0.4 is 11.1 Å². The number of carbonyl (C=O) groups is 1. The molecule has 0 bridgehead atoms. The number of carbonyl (C=O) groups excluding carboxylic acids is 1. The molecule has 0 aliphatic carbocycles. The Kier molecular flexibility index (Phi) is 4.44. The number of urea groups is 1. The van der Waals surface area contributed by atoms with Gasteiger partial charge in [0.2, 0.25) is 0 Å². The van der Waals surface area contributed by atoms with E-state index in [1.807, 2.05) is 17.5 Å². The summed E-state index contributed by atoms with van der Waals surface area (Å²) in [4.78, 5) is 14.8. The van der Waals surface area contributed by atoms with E-state index in [-0.39, 0.29) is 6.03 Å². The Morgan fingerprint density at radius 1 is 1.47 bits per heavy atom. The van der Waals surface area contributed by atoms with Crippen LogP contribution in [0.3, 0.4) is 0 Å². The highest BCUT2D eigenvalue weighted by molar-refractivity contribution is 9.10. The molecule has 3 N–H and O–H groups in total. The molecule has 19 heavy (non-hydrogen) atoms. The van der Waals surface area contributed by atoms with Gasteiger partial charge in [0.05, 0.1) is 6.54 Å². The van der Waals surface area contributed by atoms with Crippen molar-refractivity contribution in [3.05, 3.63) is 45.1 Å². The molecule has 2 rings (SSSR count). The lowest BCUT2D eigenvalue weighted by Crippen LogP contribution is -2.30. The second-order valence-corrected chi connectivity index (χ2v) is 6.05. The molecule has 1 aromatic heterocycles. The van der Waals surface area contributed by atoms with Gasteiger partial charge in [-0.15, -0.1) is 11.3 Å². The van der Waals surface area contributed by atoms with Crippen molar-refractivity contribution in [2.24, 2.45) is 0 Å². The van der Waals surface area contributed by atoms with Crippen molar-refractivity contribution in [3.8, 4) is 0 Å². The molecule has 4 nitrogen and oxygen atoms in total. The lowest BCUT2D eigenvalue weighted by atomic mass is 10.3. The average molecular weight is 340 g/mol. The highest BCUT2D eigenvalue weighted by Crippen LogP contribution is 2.21. The van der Waals surface area contributed by atoms with Gasteiger partial charge in [-0.1, -0.05) is 6.07 Å². The maximum atomic E-state index is 12.0.